The van der Waals surface area contributed by atoms with Crippen molar-refractivity contribution in [3.8, 4) is 23.0 Å². The van der Waals surface area contributed by atoms with Crippen LogP contribution in [0.4, 0.5) is 11.4 Å². The Morgan fingerprint density at radius 2 is 1.93 bits per heavy atom. The van der Waals surface area contributed by atoms with Gasteiger partial charge in [0.25, 0.3) is 0 Å². The van der Waals surface area contributed by atoms with Crippen LogP contribution in [-0.4, -0.2) is 39.4 Å². The molecule has 28 heavy (non-hydrogen) atoms. The molecule has 2 heterocycles. The van der Waals surface area contributed by atoms with Crippen molar-refractivity contribution in [3.05, 3.63) is 36.4 Å². The van der Waals surface area contributed by atoms with Gasteiger partial charge in [0.2, 0.25) is 18.6 Å². The van der Waals surface area contributed by atoms with Gasteiger partial charge in [-0.15, -0.1) is 0 Å². The summed E-state index contributed by atoms with van der Waals surface area (Å²) in [7, 11) is 3.09. The van der Waals surface area contributed by atoms with Gasteiger partial charge in [0, 0.05) is 30.8 Å². The Morgan fingerprint density at radius 1 is 1.11 bits per heavy atom. The smallest absolute Gasteiger partial charge is 0.231 e. The molecule has 1 saturated heterocycles. The SMILES string of the molecule is COc1ccc(N2C[C@H](C(=O)Nc3ccc4c(c3)OCO4)CC2=O)c(OC)c1. The summed E-state index contributed by atoms with van der Waals surface area (Å²) >= 11 is 0. The molecule has 1 N–H and O–H groups in total. The topological polar surface area (TPSA) is 86.3 Å². The molecule has 8 nitrogen and oxygen atoms in total. The minimum absolute atomic E-state index is 0.130. The van der Waals surface area contributed by atoms with E-state index < -0.39 is 5.92 Å². The molecule has 2 aromatic rings. The maximum Gasteiger partial charge on any atom is 0.231 e. The molecule has 0 radical (unpaired) electrons. The molecule has 2 aromatic carbocycles. The Kier molecular flexibility index (Phi) is 4.68. The van der Waals surface area contributed by atoms with E-state index in [1.165, 1.54) is 7.11 Å². The Labute approximate surface area is 161 Å². The fourth-order valence-electron chi connectivity index (χ4n) is 3.34. The van der Waals surface area contributed by atoms with Gasteiger partial charge in [-0.3, -0.25) is 9.59 Å². The summed E-state index contributed by atoms with van der Waals surface area (Å²) in [4.78, 5) is 26.8. The highest BCUT2D eigenvalue weighted by molar-refractivity contribution is 6.04. The molecule has 146 valence electrons. The summed E-state index contributed by atoms with van der Waals surface area (Å²) in [6, 6.07) is 10.4. The summed E-state index contributed by atoms with van der Waals surface area (Å²) < 4.78 is 21.2. The summed E-state index contributed by atoms with van der Waals surface area (Å²) in [5.74, 6) is 1.56. The molecule has 0 aliphatic carbocycles. The van der Waals surface area contributed by atoms with E-state index in [0.29, 0.717) is 34.4 Å². The molecule has 0 aromatic heterocycles. The standard InChI is InChI=1S/C20H20N2O6/c1-25-14-4-5-15(17(9-14)26-2)22-10-12(7-19(22)23)20(24)21-13-3-6-16-18(8-13)28-11-27-16/h3-6,8-9,12H,7,10-11H2,1-2H3,(H,21,24)/t12-/m1/s1. The van der Waals surface area contributed by atoms with Crippen molar-refractivity contribution in [1.82, 2.24) is 0 Å². The first-order valence-electron chi connectivity index (χ1n) is 8.82. The van der Waals surface area contributed by atoms with Gasteiger partial charge in [-0.1, -0.05) is 0 Å². The normalized spacial score (nSPS) is 17.6. The number of ether oxygens (including phenoxy) is 4. The number of carbonyl (C=O) groups is 2. The van der Waals surface area contributed by atoms with Gasteiger partial charge in [0.15, 0.2) is 11.5 Å². The van der Waals surface area contributed by atoms with Crippen molar-refractivity contribution in [2.45, 2.75) is 6.42 Å². The summed E-state index contributed by atoms with van der Waals surface area (Å²) in [5.41, 5.74) is 1.22. The highest BCUT2D eigenvalue weighted by Gasteiger charge is 2.36. The van der Waals surface area contributed by atoms with E-state index in [4.69, 9.17) is 18.9 Å². The lowest BCUT2D eigenvalue weighted by Gasteiger charge is -2.20. The van der Waals surface area contributed by atoms with Crippen LogP contribution in [-0.2, 0) is 9.59 Å². The molecule has 2 aliphatic rings. The number of fused-ring (bicyclic) bond motifs is 1. The number of nitrogens with zero attached hydrogens (tertiary/aromatic N) is 1. The fourth-order valence-corrected chi connectivity index (χ4v) is 3.34. The van der Waals surface area contributed by atoms with Crippen LogP contribution >= 0.6 is 0 Å². The first-order valence-corrected chi connectivity index (χ1v) is 8.82. The number of amides is 2. The molecule has 0 saturated carbocycles. The molecule has 1 fully saturated rings. The number of hydrogen-bond acceptors (Lipinski definition) is 6. The Hall–Kier alpha value is -3.42. The van der Waals surface area contributed by atoms with Gasteiger partial charge in [-0.2, -0.15) is 0 Å². The van der Waals surface area contributed by atoms with Gasteiger partial charge >= 0.3 is 0 Å². The predicted octanol–water partition coefficient (Wildman–Crippen LogP) is 2.42. The summed E-state index contributed by atoms with van der Waals surface area (Å²) in [5, 5.41) is 2.85. The lowest BCUT2D eigenvalue weighted by atomic mass is 10.1. The van der Waals surface area contributed by atoms with Crippen molar-refractivity contribution in [3.63, 3.8) is 0 Å². The second-order valence-electron chi connectivity index (χ2n) is 6.50. The van der Waals surface area contributed by atoms with Crippen molar-refractivity contribution >= 4 is 23.2 Å². The first-order chi connectivity index (χ1) is 13.6. The number of carbonyl (C=O) groups excluding carboxylic acids is 2. The maximum absolute atomic E-state index is 12.7. The summed E-state index contributed by atoms with van der Waals surface area (Å²) in [6.45, 7) is 0.445. The molecular formula is C20H20N2O6. The highest BCUT2D eigenvalue weighted by atomic mass is 16.7. The second kappa shape index (κ2) is 7.30. The Balaban J connectivity index is 1.48. The van der Waals surface area contributed by atoms with Gasteiger partial charge in [-0.05, 0) is 24.3 Å². The molecule has 1 atom stereocenters. The first kappa shape index (κ1) is 18.0. The molecule has 0 bridgehead atoms. The van der Waals surface area contributed by atoms with Crippen LogP contribution in [0, 0.1) is 5.92 Å². The van der Waals surface area contributed by atoms with Crippen LogP contribution in [0.5, 0.6) is 23.0 Å². The molecule has 0 unspecified atom stereocenters. The number of benzene rings is 2. The minimum Gasteiger partial charge on any atom is -0.497 e. The van der Waals surface area contributed by atoms with Crippen LogP contribution < -0.4 is 29.2 Å². The lowest BCUT2D eigenvalue weighted by molar-refractivity contribution is -0.122. The monoisotopic (exact) mass is 384 g/mol. The average molecular weight is 384 g/mol. The Morgan fingerprint density at radius 3 is 2.71 bits per heavy atom. The van der Waals surface area contributed by atoms with Gasteiger partial charge in [0.1, 0.15) is 11.5 Å². The molecule has 8 heteroatoms. The number of nitrogens with one attached hydrogen (secondary N) is 1. The fraction of sp³-hybridized carbons (Fsp3) is 0.300. The van der Waals surface area contributed by atoms with Crippen molar-refractivity contribution in [1.29, 1.82) is 0 Å². The van der Waals surface area contributed by atoms with Crippen LogP contribution in [0.1, 0.15) is 6.42 Å². The van der Waals surface area contributed by atoms with E-state index in [1.54, 1.807) is 48.4 Å². The molecule has 4 rings (SSSR count). The Bertz CT molecular complexity index is 929. The third-order valence-electron chi connectivity index (χ3n) is 4.81. The predicted molar refractivity (Wildman–Crippen MR) is 101 cm³/mol. The van der Waals surface area contributed by atoms with Crippen LogP contribution in [0.2, 0.25) is 0 Å². The van der Waals surface area contributed by atoms with Crippen molar-refractivity contribution in [2.75, 3.05) is 37.8 Å². The number of hydrogen-bond donors (Lipinski definition) is 1. The van der Waals surface area contributed by atoms with Crippen LogP contribution in [0.25, 0.3) is 0 Å². The largest absolute Gasteiger partial charge is 0.497 e. The molecule has 2 amide bonds. The number of rotatable bonds is 5. The molecule has 2 aliphatic heterocycles. The quantitative estimate of drug-likeness (QED) is 0.852. The van der Waals surface area contributed by atoms with E-state index >= 15 is 0 Å². The van der Waals surface area contributed by atoms with Crippen LogP contribution in [0.15, 0.2) is 36.4 Å². The number of anilines is 2. The highest BCUT2D eigenvalue weighted by Crippen LogP contribution is 2.37. The van der Waals surface area contributed by atoms with Crippen molar-refractivity contribution < 1.29 is 28.5 Å². The lowest BCUT2D eigenvalue weighted by Crippen LogP contribution is -2.28. The maximum atomic E-state index is 12.7. The number of methoxy groups -OCH3 is 2. The van der Waals surface area contributed by atoms with E-state index in [2.05, 4.69) is 5.32 Å². The van der Waals surface area contributed by atoms with Crippen LogP contribution in [0.3, 0.4) is 0 Å². The van der Waals surface area contributed by atoms with E-state index in [1.807, 2.05) is 0 Å². The zero-order chi connectivity index (χ0) is 19.7. The third kappa shape index (κ3) is 3.28. The third-order valence-corrected chi connectivity index (χ3v) is 4.81. The minimum atomic E-state index is -0.468. The van der Waals surface area contributed by atoms with E-state index in [-0.39, 0.29) is 31.6 Å². The molecular weight excluding hydrogens is 364 g/mol. The van der Waals surface area contributed by atoms with E-state index in [9.17, 15) is 9.59 Å². The van der Waals surface area contributed by atoms with E-state index in [0.717, 1.165) is 0 Å². The van der Waals surface area contributed by atoms with Gasteiger partial charge < -0.3 is 29.2 Å². The van der Waals surface area contributed by atoms with Crippen molar-refractivity contribution in [2.24, 2.45) is 5.92 Å². The zero-order valence-electron chi connectivity index (χ0n) is 15.6. The second-order valence-corrected chi connectivity index (χ2v) is 6.50. The zero-order valence-corrected chi connectivity index (χ0v) is 15.6. The van der Waals surface area contributed by atoms with Gasteiger partial charge in [0.05, 0.1) is 25.8 Å². The summed E-state index contributed by atoms with van der Waals surface area (Å²) in [6.07, 6.45) is 0.131. The van der Waals surface area contributed by atoms with Gasteiger partial charge in [-0.25, -0.2) is 0 Å². The molecule has 0 spiro atoms. The average Bonchev–Trinajstić information content (AvgIpc) is 3.33.